The van der Waals surface area contributed by atoms with Gasteiger partial charge in [0.1, 0.15) is 13.2 Å². The number of esters is 2. The zero-order chi connectivity index (χ0) is 47.0. The Morgan fingerprint density at radius 1 is 0.469 bits per heavy atom. The van der Waals surface area contributed by atoms with E-state index in [1.807, 2.05) is 21.1 Å². The van der Waals surface area contributed by atoms with Gasteiger partial charge in [0.25, 0.3) is 6.29 Å². The minimum absolute atomic E-state index is 0.183. The minimum Gasteiger partial charge on any atom is -0.477 e. The van der Waals surface area contributed by atoms with E-state index in [2.05, 4.69) is 38.2 Å². The van der Waals surface area contributed by atoms with Gasteiger partial charge in [0.15, 0.2) is 6.10 Å². The molecule has 0 rings (SSSR count). The van der Waals surface area contributed by atoms with Crippen LogP contribution in [-0.4, -0.2) is 87.4 Å². The summed E-state index contributed by atoms with van der Waals surface area (Å²) in [6.07, 6.45) is 51.1. The maximum absolute atomic E-state index is 12.8. The molecule has 0 aromatic carbocycles. The van der Waals surface area contributed by atoms with Crippen LogP contribution in [0.1, 0.15) is 251 Å². The van der Waals surface area contributed by atoms with Crippen molar-refractivity contribution in [1.82, 2.24) is 0 Å². The standard InChI is InChI=1S/C55H103NO8/c1-6-8-10-12-14-16-18-20-22-23-24-25-26-27-28-29-30-31-32-34-35-37-39-41-43-45-52(57)62-49-51(50-63-55(54(59)60)61-48-47-56(3,4)5)64-53(58)46-44-42-40-38-36-33-21-19-17-15-13-11-9-7-2/h13,15,19,21,51,55H,6-12,14,16-18,20,22-50H2,1-5H3/p+1/b15-13-,21-19-. The second kappa shape index (κ2) is 47.3. The van der Waals surface area contributed by atoms with Crippen LogP contribution in [0.25, 0.3) is 0 Å². The molecule has 0 fully saturated rings. The molecule has 0 aliphatic rings. The molecule has 0 amide bonds. The number of hydrogen-bond donors (Lipinski definition) is 1. The van der Waals surface area contributed by atoms with Gasteiger partial charge >= 0.3 is 17.9 Å². The van der Waals surface area contributed by atoms with Crippen molar-refractivity contribution >= 4 is 17.9 Å². The average Bonchev–Trinajstić information content (AvgIpc) is 3.26. The zero-order valence-electron chi connectivity index (χ0n) is 42.7. The summed E-state index contributed by atoms with van der Waals surface area (Å²) >= 11 is 0. The number of nitrogens with zero attached hydrogens (tertiary/aromatic N) is 1. The van der Waals surface area contributed by atoms with Crippen molar-refractivity contribution in [2.75, 3.05) is 47.5 Å². The molecule has 2 atom stereocenters. The molecule has 2 unspecified atom stereocenters. The largest absolute Gasteiger partial charge is 0.477 e. The summed E-state index contributed by atoms with van der Waals surface area (Å²) in [6, 6.07) is 0. The molecule has 9 nitrogen and oxygen atoms in total. The molecule has 9 heteroatoms. The van der Waals surface area contributed by atoms with E-state index in [1.54, 1.807) is 0 Å². The molecule has 0 saturated heterocycles. The Morgan fingerprint density at radius 3 is 1.28 bits per heavy atom. The van der Waals surface area contributed by atoms with Crippen molar-refractivity contribution in [3.63, 3.8) is 0 Å². The summed E-state index contributed by atoms with van der Waals surface area (Å²) in [5.74, 6) is -2.01. The lowest BCUT2D eigenvalue weighted by Crippen LogP contribution is -2.40. The van der Waals surface area contributed by atoms with Gasteiger partial charge in [-0.15, -0.1) is 0 Å². The van der Waals surface area contributed by atoms with Crippen LogP contribution in [-0.2, 0) is 33.3 Å². The molecule has 0 aromatic heterocycles. The lowest BCUT2D eigenvalue weighted by Gasteiger charge is -2.25. The maximum atomic E-state index is 12.8. The first kappa shape index (κ1) is 61.8. The molecule has 0 bridgehead atoms. The van der Waals surface area contributed by atoms with E-state index in [9.17, 15) is 19.5 Å². The number of unbranched alkanes of at least 4 members (excludes halogenated alkanes) is 31. The maximum Gasteiger partial charge on any atom is 0.361 e. The first-order valence-corrected chi connectivity index (χ1v) is 27.0. The molecule has 0 aliphatic carbocycles. The van der Waals surface area contributed by atoms with E-state index in [4.69, 9.17) is 18.9 Å². The first-order chi connectivity index (χ1) is 31.1. The summed E-state index contributed by atoms with van der Waals surface area (Å²) in [7, 11) is 5.96. The van der Waals surface area contributed by atoms with Crippen LogP contribution in [0, 0.1) is 0 Å². The summed E-state index contributed by atoms with van der Waals surface area (Å²) in [6.45, 7) is 4.85. The van der Waals surface area contributed by atoms with Gasteiger partial charge in [-0.25, -0.2) is 4.79 Å². The van der Waals surface area contributed by atoms with Gasteiger partial charge in [-0.1, -0.05) is 224 Å². The molecule has 0 aliphatic heterocycles. The Labute approximate surface area is 395 Å². The van der Waals surface area contributed by atoms with E-state index >= 15 is 0 Å². The van der Waals surface area contributed by atoms with Crippen LogP contribution in [0.4, 0.5) is 0 Å². The molecule has 0 spiro atoms. The monoisotopic (exact) mass is 907 g/mol. The normalized spacial score (nSPS) is 13.0. The highest BCUT2D eigenvalue weighted by Crippen LogP contribution is 2.17. The quantitative estimate of drug-likeness (QED) is 0.0211. The lowest BCUT2D eigenvalue weighted by molar-refractivity contribution is -0.870. The molecule has 376 valence electrons. The smallest absolute Gasteiger partial charge is 0.361 e. The third-order valence-corrected chi connectivity index (χ3v) is 12.0. The number of ether oxygens (including phenoxy) is 4. The number of allylic oxidation sites excluding steroid dienone is 4. The molecule has 0 heterocycles. The summed E-state index contributed by atoms with van der Waals surface area (Å²) in [5, 5.41) is 9.67. The van der Waals surface area contributed by atoms with Gasteiger partial charge in [-0.3, -0.25) is 9.59 Å². The zero-order valence-corrected chi connectivity index (χ0v) is 42.7. The number of rotatable bonds is 50. The predicted octanol–water partition coefficient (Wildman–Crippen LogP) is 15.2. The number of quaternary nitrogens is 1. The molecule has 64 heavy (non-hydrogen) atoms. The van der Waals surface area contributed by atoms with E-state index in [0.29, 0.717) is 23.9 Å². The van der Waals surface area contributed by atoms with Gasteiger partial charge in [0, 0.05) is 12.8 Å². The summed E-state index contributed by atoms with van der Waals surface area (Å²) in [5.41, 5.74) is 0. The Kier molecular flexibility index (Phi) is 45.6. The number of carbonyl (C=O) groups excluding carboxylic acids is 2. The lowest BCUT2D eigenvalue weighted by atomic mass is 10.0. The first-order valence-electron chi connectivity index (χ1n) is 27.0. The molecule has 1 N–H and O–H groups in total. The highest BCUT2D eigenvalue weighted by atomic mass is 16.7. The number of hydrogen-bond acceptors (Lipinski definition) is 7. The summed E-state index contributed by atoms with van der Waals surface area (Å²) < 4.78 is 22.8. The average molecular weight is 907 g/mol. The molecule has 0 saturated carbocycles. The second-order valence-corrected chi connectivity index (χ2v) is 19.5. The third kappa shape index (κ3) is 47.7. The fourth-order valence-electron chi connectivity index (χ4n) is 7.74. The fourth-order valence-corrected chi connectivity index (χ4v) is 7.74. The van der Waals surface area contributed by atoms with Gasteiger partial charge < -0.3 is 28.5 Å². The van der Waals surface area contributed by atoms with Gasteiger partial charge in [-0.2, -0.15) is 0 Å². The Morgan fingerprint density at radius 2 is 0.859 bits per heavy atom. The van der Waals surface area contributed by atoms with E-state index in [1.165, 1.54) is 154 Å². The molecule has 0 radical (unpaired) electrons. The van der Waals surface area contributed by atoms with Gasteiger partial charge in [0.05, 0.1) is 34.4 Å². The van der Waals surface area contributed by atoms with Crippen LogP contribution in [0.2, 0.25) is 0 Å². The topological polar surface area (TPSA) is 108 Å². The van der Waals surface area contributed by atoms with Gasteiger partial charge in [0.2, 0.25) is 0 Å². The number of carboxylic acid groups (broad SMARTS) is 1. The number of likely N-dealkylation sites (N-methyl/N-ethyl adjacent to an activating group) is 1. The van der Waals surface area contributed by atoms with Crippen LogP contribution in [0.3, 0.4) is 0 Å². The van der Waals surface area contributed by atoms with Crippen LogP contribution >= 0.6 is 0 Å². The number of aliphatic carboxylic acids is 1. The Hall–Kier alpha value is -2.23. The van der Waals surface area contributed by atoms with Gasteiger partial charge in [-0.05, 0) is 38.5 Å². The van der Waals surface area contributed by atoms with Crippen LogP contribution in [0.5, 0.6) is 0 Å². The third-order valence-electron chi connectivity index (χ3n) is 12.0. The fraction of sp³-hybridized carbons (Fsp3) is 0.873. The molecular formula is C55H104NO8+. The van der Waals surface area contributed by atoms with Crippen LogP contribution in [0.15, 0.2) is 24.3 Å². The SMILES string of the molecule is CCCC/C=C\C/C=C\CCCCCCCC(=O)OC(COC(=O)CCCCCCCCCCCCCCCCCCCCCCCCCCC)COC(OCC[N+](C)(C)C)C(=O)O. The van der Waals surface area contributed by atoms with E-state index in [0.717, 1.165) is 64.2 Å². The van der Waals surface area contributed by atoms with Crippen molar-refractivity contribution < 1.29 is 42.9 Å². The Bertz CT molecular complexity index is 1100. The molecule has 0 aromatic rings. The van der Waals surface area contributed by atoms with Crippen molar-refractivity contribution in [3.05, 3.63) is 24.3 Å². The summed E-state index contributed by atoms with van der Waals surface area (Å²) in [4.78, 5) is 37.3. The van der Waals surface area contributed by atoms with E-state index < -0.39 is 24.3 Å². The predicted molar refractivity (Wildman–Crippen MR) is 268 cm³/mol. The highest BCUT2D eigenvalue weighted by Gasteiger charge is 2.25. The highest BCUT2D eigenvalue weighted by molar-refractivity contribution is 5.71. The van der Waals surface area contributed by atoms with Crippen molar-refractivity contribution in [3.8, 4) is 0 Å². The van der Waals surface area contributed by atoms with Crippen molar-refractivity contribution in [1.29, 1.82) is 0 Å². The van der Waals surface area contributed by atoms with Crippen molar-refractivity contribution in [2.45, 2.75) is 264 Å². The van der Waals surface area contributed by atoms with Crippen LogP contribution < -0.4 is 0 Å². The van der Waals surface area contributed by atoms with Crippen molar-refractivity contribution in [2.24, 2.45) is 0 Å². The Balaban J connectivity index is 4.19. The number of carbonyl (C=O) groups is 3. The number of carboxylic acids is 1. The molecular weight excluding hydrogens is 803 g/mol. The van der Waals surface area contributed by atoms with E-state index in [-0.39, 0.29) is 32.2 Å². The second-order valence-electron chi connectivity index (χ2n) is 19.5. The minimum atomic E-state index is -1.51.